The van der Waals surface area contributed by atoms with E-state index in [9.17, 15) is 13.2 Å². The van der Waals surface area contributed by atoms with Crippen molar-refractivity contribution in [1.29, 1.82) is 0 Å². The fraction of sp³-hybridized carbons (Fsp3) is 0.588. The van der Waals surface area contributed by atoms with Crippen LogP contribution in [-0.4, -0.2) is 32.7 Å². The van der Waals surface area contributed by atoms with Crippen LogP contribution in [0.3, 0.4) is 0 Å². The molecular formula is C17H27N3O3S. The third kappa shape index (κ3) is 6.39. The predicted molar refractivity (Wildman–Crippen MR) is 97.6 cm³/mol. The zero-order valence-corrected chi connectivity index (χ0v) is 15.2. The SMILES string of the molecule is CC(Nc1cccc(NS(C)(=O)=O)c1)C(=O)NC1CCCCCC1. The van der Waals surface area contributed by atoms with E-state index in [1.54, 1.807) is 18.2 Å². The van der Waals surface area contributed by atoms with Crippen molar-refractivity contribution < 1.29 is 13.2 Å². The molecule has 6 nitrogen and oxygen atoms in total. The molecule has 1 aromatic rings. The van der Waals surface area contributed by atoms with Crippen molar-refractivity contribution in [2.45, 2.75) is 57.5 Å². The predicted octanol–water partition coefficient (Wildman–Crippen LogP) is 2.70. The molecule has 1 atom stereocenters. The van der Waals surface area contributed by atoms with Gasteiger partial charge in [-0.1, -0.05) is 31.7 Å². The molecule has 1 unspecified atom stereocenters. The van der Waals surface area contributed by atoms with Crippen molar-refractivity contribution >= 4 is 27.3 Å². The van der Waals surface area contributed by atoms with Crippen molar-refractivity contribution in [3.63, 3.8) is 0 Å². The second-order valence-electron chi connectivity index (χ2n) is 6.52. The van der Waals surface area contributed by atoms with E-state index in [4.69, 9.17) is 0 Å². The minimum absolute atomic E-state index is 0.0247. The van der Waals surface area contributed by atoms with E-state index in [0.29, 0.717) is 11.4 Å². The normalized spacial score (nSPS) is 17.6. The lowest BCUT2D eigenvalue weighted by Crippen LogP contribution is -2.43. The Kier molecular flexibility index (Phi) is 6.48. The monoisotopic (exact) mass is 353 g/mol. The van der Waals surface area contributed by atoms with Gasteiger partial charge in [-0.25, -0.2) is 8.42 Å². The number of amides is 1. The van der Waals surface area contributed by atoms with Gasteiger partial charge in [-0.05, 0) is 38.0 Å². The first-order chi connectivity index (χ1) is 11.3. The maximum atomic E-state index is 12.4. The fourth-order valence-electron chi connectivity index (χ4n) is 2.95. The maximum absolute atomic E-state index is 12.4. The molecule has 0 radical (unpaired) electrons. The molecule has 2 rings (SSSR count). The topological polar surface area (TPSA) is 87.3 Å². The summed E-state index contributed by atoms with van der Waals surface area (Å²) in [5, 5.41) is 6.24. The molecule has 0 saturated heterocycles. The van der Waals surface area contributed by atoms with E-state index >= 15 is 0 Å². The molecule has 1 saturated carbocycles. The first-order valence-corrected chi connectivity index (χ1v) is 10.4. The maximum Gasteiger partial charge on any atom is 0.242 e. The molecule has 3 N–H and O–H groups in total. The third-order valence-corrected chi connectivity index (χ3v) is 4.75. The zero-order valence-electron chi connectivity index (χ0n) is 14.3. The van der Waals surface area contributed by atoms with Crippen LogP contribution in [0.15, 0.2) is 24.3 Å². The lowest BCUT2D eigenvalue weighted by atomic mass is 10.1. The molecule has 1 aromatic carbocycles. The van der Waals surface area contributed by atoms with Gasteiger partial charge in [0.05, 0.1) is 11.9 Å². The number of hydrogen-bond donors (Lipinski definition) is 3. The van der Waals surface area contributed by atoms with Crippen LogP contribution in [0.4, 0.5) is 11.4 Å². The van der Waals surface area contributed by atoms with E-state index in [1.165, 1.54) is 25.7 Å². The van der Waals surface area contributed by atoms with Gasteiger partial charge < -0.3 is 10.6 Å². The van der Waals surface area contributed by atoms with E-state index in [0.717, 1.165) is 19.1 Å². The minimum atomic E-state index is -3.32. The molecule has 0 heterocycles. The van der Waals surface area contributed by atoms with E-state index < -0.39 is 10.0 Å². The fourth-order valence-corrected chi connectivity index (χ4v) is 3.51. The summed E-state index contributed by atoms with van der Waals surface area (Å²) in [5.74, 6) is -0.0247. The summed E-state index contributed by atoms with van der Waals surface area (Å²) in [6.45, 7) is 1.81. The average Bonchev–Trinajstić information content (AvgIpc) is 2.74. The Balaban J connectivity index is 1.92. The number of carbonyl (C=O) groups excluding carboxylic acids is 1. The van der Waals surface area contributed by atoms with Crippen LogP contribution in [0.2, 0.25) is 0 Å². The lowest BCUT2D eigenvalue weighted by Gasteiger charge is -2.21. The van der Waals surface area contributed by atoms with Gasteiger partial charge in [-0.2, -0.15) is 0 Å². The molecule has 1 amide bonds. The van der Waals surface area contributed by atoms with Gasteiger partial charge in [-0.3, -0.25) is 9.52 Å². The summed E-state index contributed by atoms with van der Waals surface area (Å²) in [6.07, 6.45) is 8.05. The lowest BCUT2D eigenvalue weighted by molar-refractivity contribution is -0.122. The number of sulfonamides is 1. The Morgan fingerprint density at radius 2 is 1.75 bits per heavy atom. The number of nitrogens with one attached hydrogen (secondary N) is 3. The van der Waals surface area contributed by atoms with Crippen LogP contribution in [0.25, 0.3) is 0 Å². The largest absolute Gasteiger partial charge is 0.374 e. The van der Waals surface area contributed by atoms with E-state index in [2.05, 4.69) is 15.4 Å². The van der Waals surface area contributed by atoms with Crippen LogP contribution in [0, 0.1) is 0 Å². The molecule has 0 aliphatic heterocycles. The highest BCUT2D eigenvalue weighted by atomic mass is 32.2. The van der Waals surface area contributed by atoms with Crippen molar-refractivity contribution in [2.24, 2.45) is 0 Å². The number of benzene rings is 1. The summed E-state index contributed by atoms with van der Waals surface area (Å²) in [4.78, 5) is 12.4. The van der Waals surface area contributed by atoms with E-state index in [-0.39, 0.29) is 18.0 Å². The highest BCUT2D eigenvalue weighted by Crippen LogP contribution is 2.19. The molecule has 0 aromatic heterocycles. The standard InChI is InChI=1S/C17H27N3O3S/c1-13(17(21)19-14-8-5-3-4-6-9-14)18-15-10-7-11-16(12-15)20-24(2,22)23/h7,10-14,18,20H,3-6,8-9H2,1-2H3,(H,19,21). The molecule has 24 heavy (non-hydrogen) atoms. The first kappa shape index (κ1) is 18.6. The van der Waals surface area contributed by atoms with Crippen molar-refractivity contribution in [1.82, 2.24) is 5.32 Å². The Morgan fingerprint density at radius 1 is 1.12 bits per heavy atom. The number of rotatable bonds is 6. The van der Waals surface area contributed by atoms with Crippen molar-refractivity contribution in [2.75, 3.05) is 16.3 Å². The van der Waals surface area contributed by atoms with Gasteiger partial charge in [0.25, 0.3) is 0 Å². The minimum Gasteiger partial charge on any atom is -0.374 e. The highest BCUT2D eigenvalue weighted by molar-refractivity contribution is 7.92. The van der Waals surface area contributed by atoms with E-state index in [1.807, 2.05) is 13.0 Å². The summed E-state index contributed by atoms with van der Waals surface area (Å²) < 4.78 is 25.0. The number of anilines is 2. The molecule has 134 valence electrons. The molecule has 1 aliphatic rings. The Hall–Kier alpha value is -1.76. The first-order valence-electron chi connectivity index (χ1n) is 8.48. The molecular weight excluding hydrogens is 326 g/mol. The summed E-state index contributed by atoms with van der Waals surface area (Å²) in [7, 11) is -3.32. The molecule has 7 heteroatoms. The Bertz CT molecular complexity index is 653. The molecule has 1 fully saturated rings. The van der Waals surface area contributed by atoms with Gasteiger partial charge >= 0.3 is 0 Å². The molecule has 0 spiro atoms. The second kappa shape index (κ2) is 8.37. The van der Waals surface area contributed by atoms with Gasteiger partial charge in [0, 0.05) is 11.7 Å². The van der Waals surface area contributed by atoms with Gasteiger partial charge in [0.2, 0.25) is 15.9 Å². The number of hydrogen-bond acceptors (Lipinski definition) is 4. The van der Waals surface area contributed by atoms with Crippen molar-refractivity contribution in [3.8, 4) is 0 Å². The van der Waals surface area contributed by atoms with Crippen LogP contribution < -0.4 is 15.4 Å². The van der Waals surface area contributed by atoms with Crippen LogP contribution >= 0.6 is 0 Å². The summed E-state index contributed by atoms with van der Waals surface area (Å²) in [5.41, 5.74) is 1.17. The molecule has 0 bridgehead atoms. The Morgan fingerprint density at radius 3 is 2.38 bits per heavy atom. The van der Waals surface area contributed by atoms with Gasteiger partial charge in [-0.15, -0.1) is 0 Å². The molecule has 1 aliphatic carbocycles. The zero-order chi connectivity index (χ0) is 17.6. The smallest absolute Gasteiger partial charge is 0.242 e. The summed E-state index contributed by atoms with van der Waals surface area (Å²) in [6, 6.07) is 6.78. The third-order valence-electron chi connectivity index (χ3n) is 4.14. The van der Waals surface area contributed by atoms with Crippen LogP contribution in [-0.2, 0) is 14.8 Å². The van der Waals surface area contributed by atoms with Crippen LogP contribution in [0.5, 0.6) is 0 Å². The van der Waals surface area contributed by atoms with Crippen LogP contribution in [0.1, 0.15) is 45.4 Å². The van der Waals surface area contributed by atoms with Crippen molar-refractivity contribution in [3.05, 3.63) is 24.3 Å². The Labute approximate surface area is 144 Å². The van der Waals surface area contributed by atoms with Gasteiger partial charge in [0.15, 0.2) is 0 Å². The quantitative estimate of drug-likeness (QED) is 0.686. The second-order valence-corrected chi connectivity index (χ2v) is 8.27. The number of carbonyl (C=O) groups is 1. The van der Waals surface area contributed by atoms with Gasteiger partial charge in [0.1, 0.15) is 6.04 Å². The average molecular weight is 353 g/mol. The summed E-state index contributed by atoms with van der Waals surface area (Å²) >= 11 is 0. The highest BCUT2D eigenvalue weighted by Gasteiger charge is 2.19.